The molecule has 140 valence electrons. The Balaban J connectivity index is 1.55. The molecule has 1 fully saturated rings. The summed E-state index contributed by atoms with van der Waals surface area (Å²) in [6.45, 7) is 2.58. The summed E-state index contributed by atoms with van der Waals surface area (Å²) < 4.78 is 3.76. The first-order valence-corrected chi connectivity index (χ1v) is 9.23. The zero-order valence-corrected chi connectivity index (χ0v) is 15.3. The van der Waals surface area contributed by atoms with Crippen molar-refractivity contribution in [2.45, 2.75) is 44.3 Å². The average Bonchev–Trinajstić information content (AvgIpc) is 3.00. The molecule has 4 heterocycles. The molecule has 5 rings (SSSR count). The van der Waals surface area contributed by atoms with Crippen LogP contribution in [0.2, 0.25) is 0 Å². The van der Waals surface area contributed by atoms with Crippen LogP contribution in [0.25, 0.3) is 11.2 Å². The molecule has 1 atom stereocenters. The van der Waals surface area contributed by atoms with E-state index in [-0.39, 0.29) is 6.04 Å². The van der Waals surface area contributed by atoms with Crippen molar-refractivity contribution in [1.82, 2.24) is 29.9 Å². The van der Waals surface area contributed by atoms with Gasteiger partial charge in [-0.2, -0.15) is 0 Å². The van der Waals surface area contributed by atoms with Crippen molar-refractivity contribution in [1.29, 1.82) is 0 Å². The van der Waals surface area contributed by atoms with Crippen LogP contribution >= 0.6 is 0 Å². The number of nitrogens with zero attached hydrogens (tertiary/aromatic N) is 5. The second-order valence-corrected chi connectivity index (χ2v) is 7.46. The van der Waals surface area contributed by atoms with Gasteiger partial charge >= 0.3 is 0 Å². The van der Waals surface area contributed by atoms with Gasteiger partial charge in [-0.15, -0.1) is 11.5 Å². The Labute approximate surface area is 160 Å². The number of nitrogens with one attached hydrogen (secondary N) is 1. The highest BCUT2D eigenvalue weighted by atomic mass is 16.2. The first kappa shape index (κ1) is 16.7. The number of carbonyl (C=O) groups is 2. The molecule has 2 aliphatic rings. The highest BCUT2D eigenvalue weighted by Gasteiger charge is 2.44. The third-order valence-corrected chi connectivity index (χ3v) is 5.61. The first-order valence-electron chi connectivity index (χ1n) is 9.23. The molecule has 3 aromatic heterocycles. The number of pyridine rings is 1. The number of amides is 1. The maximum atomic E-state index is 13.0. The molecule has 0 aromatic carbocycles. The highest BCUT2D eigenvalue weighted by Crippen LogP contribution is 2.37. The predicted octanol–water partition coefficient (Wildman–Crippen LogP) is 1.39. The van der Waals surface area contributed by atoms with E-state index in [4.69, 9.17) is 6.42 Å². The van der Waals surface area contributed by atoms with E-state index in [1.165, 1.54) is 0 Å². The first-order chi connectivity index (χ1) is 13.5. The lowest BCUT2D eigenvalue weighted by atomic mass is 10.0. The summed E-state index contributed by atoms with van der Waals surface area (Å²) >= 11 is 0. The van der Waals surface area contributed by atoms with E-state index in [2.05, 4.69) is 26.5 Å². The Hall–Kier alpha value is -3.47. The molecule has 1 aliphatic carbocycles. The number of hydrogen-bond donors (Lipinski definition) is 1. The molecular formula is C20H18N6O2. The van der Waals surface area contributed by atoms with Gasteiger partial charge in [-0.1, -0.05) is 11.1 Å². The maximum absolute atomic E-state index is 13.0. The van der Waals surface area contributed by atoms with Crippen LogP contribution < -0.4 is 5.32 Å². The summed E-state index contributed by atoms with van der Waals surface area (Å²) in [5.74, 6) is 1.37. The second kappa shape index (κ2) is 5.76. The van der Waals surface area contributed by atoms with Crippen LogP contribution in [0.15, 0.2) is 24.5 Å². The SMILES string of the molecule is C#CC1(NC(=O)C(=O)c2c(C)cn3c2C(n2nnc4cccnc42)CC3)CC1. The molecule has 1 aliphatic heterocycles. The summed E-state index contributed by atoms with van der Waals surface area (Å²) in [7, 11) is 0. The van der Waals surface area contributed by atoms with Crippen molar-refractivity contribution >= 4 is 22.9 Å². The van der Waals surface area contributed by atoms with E-state index in [1.54, 1.807) is 16.9 Å². The van der Waals surface area contributed by atoms with Gasteiger partial charge in [0.1, 0.15) is 11.1 Å². The van der Waals surface area contributed by atoms with Crippen LogP contribution in [0.5, 0.6) is 0 Å². The van der Waals surface area contributed by atoms with E-state index >= 15 is 0 Å². The van der Waals surface area contributed by atoms with Crippen molar-refractivity contribution < 1.29 is 9.59 Å². The lowest BCUT2D eigenvalue weighted by Crippen LogP contribution is -2.40. The molecule has 0 radical (unpaired) electrons. The van der Waals surface area contributed by atoms with E-state index in [9.17, 15) is 9.59 Å². The predicted molar refractivity (Wildman–Crippen MR) is 101 cm³/mol. The van der Waals surface area contributed by atoms with Crippen molar-refractivity contribution in [3.63, 3.8) is 0 Å². The zero-order valence-electron chi connectivity index (χ0n) is 15.3. The average molecular weight is 374 g/mol. The minimum Gasteiger partial charge on any atom is -0.349 e. The molecule has 8 heteroatoms. The number of carbonyl (C=O) groups excluding carboxylic acids is 2. The number of rotatable bonds is 4. The van der Waals surface area contributed by atoms with E-state index in [0.717, 1.165) is 24.2 Å². The van der Waals surface area contributed by atoms with Crippen molar-refractivity contribution in [3.05, 3.63) is 41.3 Å². The molecule has 1 saturated carbocycles. The Bertz CT molecular complexity index is 1180. The second-order valence-electron chi connectivity index (χ2n) is 7.46. The molecule has 3 aromatic rings. The van der Waals surface area contributed by atoms with Crippen LogP contribution in [-0.2, 0) is 11.3 Å². The molecule has 0 spiro atoms. The summed E-state index contributed by atoms with van der Waals surface area (Å²) in [4.78, 5) is 30.0. The molecule has 28 heavy (non-hydrogen) atoms. The Morgan fingerprint density at radius 3 is 2.96 bits per heavy atom. The molecule has 8 nitrogen and oxygen atoms in total. The van der Waals surface area contributed by atoms with Gasteiger partial charge in [0.15, 0.2) is 5.65 Å². The highest BCUT2D eigenvalue weighted by molar-refractivity contribution is 6.43. The monoisotopic (exact) mass is 374 g/mol. The van der Waals surface area contributed by atoms with Gasteiger partial charge in [0.25, 0.3) is 11.7 Å². The van der Waals surface area contributed by atoms with Crippen LogP contribution in [0.3, 0.4) is 0 Å². The third kappa shape index (κ3) is 2.36. The lowest BCUT2D eigenvalue weighted by Gasteiger charge is -2.14. The summed E-state index contributed by atoms with van der Waals surface area (Å²) in [6.07, 6.45) is 11.2. The number of Topliss-reactive ketones (excluding diaryl/α,β-unsaturated/α-hetero) is 1. The van der Waals surface area contributed by atoms with Gasteiger partial charge in [0.05, 0.1) is 17.3 Å². The fourth-order valence-electron chi connectivity index (χ4n) is 4.00. The number of fused-ring (bicyclic) bond motifs is 2. The normalized spacial score (nSPS) is 19.2. The molecule has 1 N–H and O–H groups in total. The molecule has 1 unspecified atom stereocenters. The van der Waals surface area contributed by atoms with Gasteiger partial charge in [-0.25, -0.2) is 9.67 Å². The van der Waals surface area contributed by atoms with Crippen LogP contribution in [0.4, 0.5) is 0 Å². The molecular weight excluding hydrogens is 356 g/mol. The Morgan fingerprint density at radius 1 is 1.39 bits per heavy atom. The van der Waals surface area contributed by atoms with Crippen molar-refractivity contribution in [2.75, 3.05) is 0 Å². The van der Waals surface area contributed by atoms with Gasteiger partial charge in [-0.3, -0.25) is 9.59 Å². The largest absolute Gasteiger partial charge is 0.349 e. The Morgan fingerprint density at radius 2 is 2.21 bits per heavy atom. The number of hydrogen-bond acceptors (Lipinski definition) is 5. The van der Waals surface area contributed by atoms with E-state index in [1.807, 2.05) is 23.8 Å². The fourth-order valence-corrected chi connectivity index (χ4v) is 4.00. The molecule has 0 bridgehead atoms. The quantitative estimate of drug-likeness (QED) is 0.423. The van der Waals surface area contributed by atoms with Crippen LogP contribution in [-0.4, -0.2) is 41.8 Å². The van der Waals surface area contributed by atoms with Gasteiger partial charge in [0.2, 0.25) is 0 Å². The summed E-state index contributed by atoms with van der Waals surface area (Å²) in [5, 5.41) is 11.2. The maximum Gasteiger partial charge on any atom is 0.293 e. The van der Waals surface area contributed by atoms with Gasteiger partial charge in [0, 0.05) is 18.9 Å². The minimum atomic E-state index is -0.658. The summed E-state index contributed by atoms with van der Waals surface area (Å²) in [6, 6.07) is 3.45. The third-order valence-electron chi connectivity index (χ3n) is 5.61. The minimum absolute atomic E-state index is 0.206. The van der Waals surface area contributed by atoms with Gasteiger partial charge in [-0.05, 0) is 43.9 Å². The van der Waals surface area contributed by atoms with Crippen molar-refractivity contribution in [2.24, 2.45) is 0 Å². The summed E-state index contributed by atoms with van der Waals surface area (Å²) in [5.41, 5.74) is 2.66. The van der Waals surface area contributed by atoms with Crippen LogP contribution in [0, 0.1) is 19.3 Å². The number of ketones is 1. The van der Waals surface area contributed by atoms with E-state index < -0.39 is 17.2 Å². The van der Waals surface area contributed by atoms with E-state index in [0.29, 0.717) is 29.6 Å². The molecule has 0 saturated heterocycles. The number of terminal acetylenes is 1. The molecule has 1 amide bonds. The van der Waals surface area contributed by atoms with Crippen LogP contribution in [0.1, 0.15) is 46.9 Å². The number of aromatic nitrogens is 5. The van der Waals surface area contributed by atoms with Crippen molar-refractivity contribution in [3.8, 4) is 12.3 Å². The fraction of sp³-hybridized carbons (Fsp3) is 0.350. The topological polar surface area (TPSA) is 94.7 Å². The number of aryl methyl sites for hydroxylation is 2. The Kier molecular flexibility index (Phi) is 3.43. The lowest BCUT2D eigenvalue weighted by molar-refractivity contribution is -0.117. The smallest absolute Gasteiger partial charge is 0.293 e. The van der Waals surface area contributed by atoms with Gasteiger partial charge < -0.3 is 9.88 Å². The standard InChI is InChI=1S/C20H18N6O2/c1-3-20(7-8-20)22-19(28)17(27)15-12(2)11-25-10-6-14(16(15)25)26-18-13(23-24-26)5-4-9-21-18/h1,4-5,9,11,14H,6-8,10H2,2H3,(H,22,28). The zero-order chi connectivity index (χ0) is 19.5.